The maximum atomic E-state index is 12.1. The first-order valence-electron chi connectivity index (χ1n) is 8.60. The molecule has 0 unspecified atom stereocenters. The smallest absolute Gasteiger partial charge is 0.416 e. The number of benzene rings is 1. The predicted molar refractivity (Wildman–Crippen MR) is 94.3 cm³/mol. The van der Waals surface area contributed by atoms with Gasteiger partial charge < -0.3 is 14.9 Å². The van der Waals surface area contributed by atoms with Crippen LogP contribution in [0.15, 0.2) is 36.9 Å². The first kappa shape index (κ1) is 21.5. The molecular weight excluding hydrogens is 377 g/mol. The van der Waals surface area contributed by atoms with Gasteiger partial charge in [-0.1, -0.05) is 24.3 Å². The van der Waals surface area contributed by atoms with E-state index in [1.54, 1.807) is 6.92 Å². The fourth-order valence-corrected chi connectivity index (χ4v) is 3.04. The molecule has 1 N–H and O–H groups in total. The van der Waals surface area contributed by atoms with E-state index in [2.05, 4.69) is 6.58 Å². The van der Waals surface area contributed by atoms with Crippen molar-refractivity contribution >= 4 is 17.8 Å². The predicted octanol–water partition coefficient (Wildman–Crippen LogP) is 2.47. The number of rotatable bonds is 3. The van der Waals surface area contributed by atoms with Gasteiger partial charge in [0.05, 0.1) is 5.56 Å². The van der Waals surface area contributed by atoms with Crippen molar-refractivity contribution in [1.29, 1.82) is 0 Å². The van der Waals surface area contributed by atoms with E-state index in [0.29, 0.717) is 19.4 Å². The fraction of sp³-hybridized carbons (Fsp3) is 0.421. The largest absolute Gasteiger partial charge is 0.480 e. The van der Waals surface area contributed by atoms with Crippen LogP contribution in [0.25, 0.3) is 0 Å². The van der Waals surface area contributed by atoms with E-state index in [4.69, 9.17) is 5.11 Å². The SMILES string of the molecule is C=CC(=O)N1CCN(CC(=O)O)C(=O)C12CC2.Cc1ccc(C(F)(F)F)cc1. The van der Waals surface area contributed by atoms with Gasteiger partial charge in [0.1, 0.15) is 12.1 Å². The molecule has 9 heteroatoms. The Morgan fingerprint density at radius 1 is 1.21 bits per heavy atom. The molecule has 3 rings (SSSR count). The zero-order valence-corrected chi connectivity index (χ0v) is 15.3. The minimum absolute atomic E-state index is 0.249. The van der Waals surface area contributed by atoms with E-state index < -0.39 is 23.2 Å². The van der Waals surface area contributed by atoms with Crippen molar-refractivity contribution in [1.82, 2.24) is 9.80 Å². The zero-order chi connectivity index (χ0) is 21.1. The molecule has 6 nitrogen and oxygen atoms in total. The van der Waals surface area contributed by atoms with Crippen LogP contribution in [-0.4, -0.2) is 57.9 Å². The van der Waals surface area contributed by atoms with Gasteiger partial charge >= 0.3 is 12.1 Å². The minimum atomic E-state index is -4.21. The van der Waals surface area contributed by atoms with Crippen LogP contribution in [0.1, 0.15) is 24.0 Å². The summed E-state index contributed by atoms with van der Waals surface area (Å²) in [6, 6.07) is 5.05. The second-order valence-corrected chi connectivity index (χ2v) is 6.71. The van der Waals surface area contributed by atoms with Crippen molar-refractivity contribution in [3.63, 3.8) is 0 Å². The van der Waals surface area contributed by atoms with Crippen LogP contribution in [0.5, 0.6) is 0 Å². The van der Waals surface area contributed by atoms with Crippen molar-refractivity contribution in [3.05, 3.63) is 48.0 Å². The maximum absolute atomic E-state index is 12.1. The Morgan fingerprint density at radius 2 is 1.79 bits per heavy atom. The van der Waals surface area contributed by atoms with Gasteiger partial charge in [0.15, 0.2) is 0 Å². The Hall–Kier alpha value is -2.84. The second kappa shape index (κ2) is 8.04. The van der Waals surface area contributed by atoms with Crippen LogP contribution in [0, 0.1) is 6.92 Å². The van der Waals surface area contributed by atoms with E-state index in [9.17, 15) is 27.6 Å². The number of carboxylic acids is 1. The van der Waals surface area contributed by atoms with Gasteiger partial charge in [-0.05, 0) is 38.0 Å². The topological polar surface area (TPSA) is 77.9 Å². The van der Waals surface area contributed by atoms with E-state index in [1.165, 1.54) is 28.0 Å². The number of amides is 2. The summed E-state index contributed by atoms with van der Waals surface area (Å²) < 4.78 is 35.8. The van der Waals surface area contributed by atoms with Crippen LogP contribution in [-0.2, 0) is 20.6 Å². The van der Waals surface area contributed by atoms with Crippen molar-refractivity contribution in [2.24, 2.45) is 0 Å². The number of carbonyl (C=O) groups excluding carboxylic acids is 2. The first-order valence-corrected chi connectivity index (χ1v) is 8.60. The third-order valence-electron chi connectivity index (χ3n) is 4.66. The molecule has 1 saturated carbocycles. The lowest BCUT2D eigenvalue weighted by Gasteiger charge is -2.40. The molecule has 1 saturated heterocycles. The third-order valence-corrected chi connectivity index (χ3v) is 4.66. The number of hydrogen-bond acceptors (Lipinski definition) is 3. The monoisotopic (exact) mass is 398 g/mol. The van der Waals surface area contributed by atoms with E-state index in [1.807, 2.05) is 0 Å². The molecule has 0 bridgehead atoms. The third kappa shape index (κ3) is 4.71. The Bertz CT molecular complexity index is 770. The summed E-state index contributed by atoms with van der Waals surface area (Å²) in [5.74, 6) is -1.54. The van der Waals surface area contributed by atoms with Gasteiger partial charge in [-0.2, -0.15) is 13.2 Å². The molecule has 0 aromatic heterocycles. The van der Waals surface area contributed by atoms with Crippen molar-refractivity contribution in [2.45, 2.75) is 31.5 Å². The van der Waals surface area contributed by atoms with E-state index in [0.717, 1.165) is 17.7 Å². The standard InChI is InChI=1S/C11H14N2O4.C8H7F3/c1-2-8(14)13-6-5-12(7-9(15)16)10(17)11(13)3-4-11;1-6-2-4-7(5-3-6)8(9,10)11/h2H,1,3-7H2,(H,15,16);2-5H,1H3. The molecule has 1 heterocycles. The summed E-state index contributed by atoms with van der Waals surface area (Å²) in [7, 11) is 0. The number of carboxylic acid groups (broad SMARTS) is 1. The highest BCUT2D eigenvalue weighted by molar-refractivity contribution is 5.99. The van der Waals surface area contributed by atoms with E-state index in [-0.39, 0.29) is 24.9 Å². The van der Waals surface area contributed by atoms with Gasteiger partial charge in [-0.15, -0.1) is 0 Å². The lowest BCUT2D eigenvalue weighted by molar-refractivity contribution is -0.155. The zero-order valence-electron chi connectivity index (χ0n) is 15.3. The molecule has 1 aliphatic heterocycles. The molecule has 1 aliphatic carbocycles. The lowest BCUT2D eigenvalue weighted by Crippen LogP contribution is -2.61. The van der Waals surface area contributed by atoms with Crippen LogP contribution in [0.4, 0.5) is 13.2 Å². The molecule has 2 fully saturated rings. The summed E-state index contributed by atoms with van der Waals surface area (Å²) in [6.45, 7) is 5.52. The highest BCUT2D eigenvalue weighted by Gasteiger charge is 2.59. The van der Waals surface area contributed by atoms with E-state index >= 15 is 0 Å². The molecule has 152 valence electrons. The van der Waals surface area contributed by atoms with Crippen molar-refractivity contribution in [3.8, 4) is 0 Å². The number of piperazine rings is 1. The maximum Gasteiger partial charge on any atom is 0.416 e. The summed E-state index contributed by atoms with van der Waals surface area (Å²) in [5, 5.41) is 8.70. The molecular formula is C19H21F3N2O4. The number of carbonyl (C=O) groups is 3. The lowest BCUT2D eigenvalue weighted by atomic mass is 10.1. The van der Waals surface area contributed by atoms with Gasteiger partial charge in [-0.25, -0.2) is 0 Å². The van der Waals surface area contributed by atoms with Gasteiger partial charge in [0, 0.05) is 13.1 Å². The van der Waals surface area contributed by atoms with Gasteiger partial charge in [-0.3, -0.25) is 14.4 Å². The molecule has 1 spiro atoms. The Labute approximate surface area is 160 Å². The quantitative estimate of drug-likeness (QED) is 0.794. The van der Waals surface area contributed by atoms with Crippen LogP contribution in [0.3, 0.4) is 0 Å². The number of alkyl halides is 3. The fourth-order valence-electron chi connectivity index (χ4n) is 3.04. The molecule has 0 atom stereocenters. The summed E-state index contributed by atoms with van der Waals surface area (Å²) >= 11 is 0. The number of hydrogen-bond donors (Lipinski definition) is 1. The molecule has 1 aromatic rings. The van der Waals surface area contributed by atoms with Crippen LogP contribution < -0.4 is 0 Å². The molecule has 2 amide bonds. The summed E-state index contributed by atoms with van der Waals surface area (Å²) in [4.78, 5) is 37.2. The molecule has 2 aliphatic rings. The summed E-state index contributed by atoms with van der Waals surface area (Å²) in [6.07, 6.45) is -1.79. The van der Waals surface area contributed by atoms with Crippen molar-refractivity contribution in [2.75, 3.05) is 19.6 Å². The molecule has 28 heavy (non-hydrogen) atoms. The highest BCUT2D eigenvalue weighted by atomic mass is 19.4. The Balaban J connectivity index is 0.000000221. The minimum Gasteiger partial charge on any atom is -0.480 e. The first-order chi connectivity index (χ1) is 13.0. The number of nitrogens with zero attached hydrogens (tertiary/aromatic N) is 2. The normalized spacial score (nSPS) is 17.6. The molecule has 0 radical (unpaired) electrons. The van der Waals surface area contributed by atoms with Crippen LogP contribution >= 0.6 is 0 Å². The summed E-state index contributed by atoms with van der Waals surface area (Å²) in [5.41, 5.74) is -0.542. The van der Waals surface area contributed by atoms with Gasteiger partial charge in [0.25, 0.3) is 0 Å². The van der Waals surface area contributed by atoms with Crippen LogP contribution in [0.2, 0.25) is 0 Å². The average molecular weight is 398 g/mol. The second-order valence-electron chi connectivity index (χ2n) is 6.71. The Kier molecular flexibility index (Phi) is 6.16. The van der Waals surface area contributed by atoms with Gasteiger partial charge in [0.2, 0.25) is 11.8 Å². The number of aliphatic carboxylic acids is 1. The van der Waals surface area contributed by atoms with Crippen molar-refractivity contribution < 1.29 is 32.7 Å². The highest BCUT2D eigenvalue weighted by Crippen LogP contribution is 2.45. The molecule has 1 aromatic carbocycles. The number of aryl methyl sites for hydroxylation is 1. The average Bonchev–Trinajstić information content (AvgIpc) is 3.40. The Morgan fingerprint density at radius 3 is 2.21 bits per heavy atom. The number of halogens is 3.